The highest BCUT2D eigenvalue weighted by atomic mass is 16.2. The molecule has 4 rings (SSSR count). The molecule has 1 fully saturated rings. The molecule has 1 aliphatic heterocycles. The quantitative estimate of drug-likeness (QED) is 0.713. The number of amides is 1. The van der Waals surface area contributed by atoms with Gasteiger partial charge < -0.3 is 15.2 Å². The van der Waals surface area contributed by atoms with Crippen LogP contribution in [0.5, 0.6) is 0 Å². The lowest BCUT2D eigenvalue weighted by Gasteiger charge is -2.33. The molecular formula is C22H23N3O. The van der Waals surface area contributed by atoms with E-state index in [4.69, 9.17) is 0 Å². The first kappa shape index (κ1) is 16.6. The third-order valence-electron chi connectivity index (χ3n) is 4.93. The van der Waals surface area contributed by atoms with Gasteiger partial charge in [0.25, 0.3) is 0 Å². The molecule has 2 aromatic carbocycles. The molecule has 0 unspecified atom stereocenters. The first-order valence-corrected chi connectivity index (χ1v) is 9.10. The number of H-pyrrole nitrogens is 1. The fraction of sp³-hybridized carbons (Fsp3) is 0.227. The zero-order valence-corrected chi connectivity index (χ0v) is 14.7. The summed E-state index contributed by atoms with van der Waals surface area (Å²) >= 11 is 0. The van der Waals surface area contributed by atoms with E-state index in [1.807, 2.05) is 47.4 Å². The molecule has 26 heavy (non-hydrogen) atoms. The highest BCUT2D eigenvalue weighted by molar-refractivity contribution is 5.92. The highest BCUT2D eigenvalue weighted by Gasteiger charge is 2.22. The van der Waals surface area contributed by atoms with Gasteiger partial charge in [-0.25, -0.2) is 0 Å². The second-order valence-electron chi connectivity index (χ2n) is 6.74. The second-order valence-corrected chi connectivity index (χ2v) is 6.74. The van der Waals surface area contributed by atoms with E-state index in [-0.39, 0.29) is 11.9 Å². The minimum atomic E-state index is 0.0827. The van der Waals surface area contributed by atoms with Gasteiger partial charge in [-0.1, -0.05) is 48.5 Å². The van der Waals surface area contributed by atoms with Crippen molar-refractivity contribution in [3.05, 3.63) is 78.0 Å². The van der Waals surface area contributed by atoms with E-state index >= 15 is 0 Å². The number of carbonyl (C=O) groups is 1. The molecule has 1 aliphatic rings. The molecule has 0 bridgehead atoms. The molecule has 2 heterocycles. The summed E-state index contributed by atoms with van der Waals surface area (Å²) in [6.45, 7) is 2.32. The lowest BCUT2D eigenvalue weighted by Crippen LogP contribution is -2.53. The molecule has 1 saturated heterocycles. The van der Waals surface area contributed by atoms with Gasteiger partial charge in [0.1, 0.15) is 0 Å². The number of rotatable bonds is 4. The van der Waals surface area contributed by atoms with Crippen molar-refractivity contribution in [2.24, 2.45) is 0 Å². The van der Waals surface area contributed by atoms with Crippen LogP contribution in [0.25, 0.3) is 17.0 Å². The monoisotopic (exact) mass is 345 g/mol. The number of carbonyl (C=O) groups excluding carboxylic acids is 1. The van der Waals surface area contributed by atoms with Gasteiger partial charge in [0.2, 0.25) is 5.91 Å². The first-order valence-electron chi connectivity index (χ1n) is 9.10. The largest absolute Gasteiger partial charge is 0.361 e. The molecule has 132 valence electrons. The van der Waals surface area contributed by atoms with Crippen molar-refractivity contribution in [3.63, 3.8) is 0 Å². The van der Waals surface area contributed by atoms with Crippen molar-refractivity contribution < 1.29 is 4.79 Å². The number of benzene rings is 2. The van der Waals surface area contributed by atoms with Gasteiger partial charge in [0, 0.05) is 48.9 Å². The van der Waals surface area contributed by atoms with Crippen molar-refractivity contribution in [1.29, 1.82) is 0 Å². The van der Waals surface area contributed by atoms with Gasteiger partial charge >= 0.3 is 0 Å². The lowest BCUT2D eigenvalue weighted by atomic mass is 10.0. The van der Waals surface area contributed by atoms with E-state index in [1.165, 1.54) is 10.9 Å². The van der Waals surface area contributed by atoms with E-state index in [0.29, 0.717) is 0 Å². The van der Waals surface area contributed by atoms with Crippen molar-refractivity contribution in [2.75, 3.05) is 19.6 Å². The standard InChI is InChI=1S/C22H23N3O/c26-22(11-10-17-6-2-1-3-7-17)25-13-12-23-19(16-25)14-18-15-24-21-9-5-4-8-20(18)21/h1-11,15,19,23-24H,12-14,16H2/t19-/m1/s1. The number of piperazine rings is 1. The molecule has 0 radical (unpaired) electrons. The molecule has 4 nitrogen and oxygen atoms in total. The van der Waals surface area contributed by atoms with E-state index in [2.05, 4.69) is 34.7 Å². The van der Waals surface area contributed by atoms with E-state index < -0.39 is 0 Å². The molecule has 3 aromatic rings. The van der Waals surface area contributed by atoms with Gasteiger partial charge in [-0.15, -0.1) is 0 Å². The Morgan fingerprint density at radius 2 is 1.92 bits per heavy atom. The third-order valence-corrected chi connectivity index (χ3v) is 4.93. The highest BCUT2D eigenvalue weighted by Crippen LogP contribution is 2.20. The van der Waals surface area contributed by atoms with Gasteiger partial charge in [0.05, 0.1) is 0 Å². The third kappa shape index (κ3) is 3.70. The summed E-state index contributed by atoms with van der Waals surface area (Å²) in [5.41, 5.74) is 3.51. The van der Waals surface area contributed by atoms with Gasteiger partial charge in [-0.05, 0) is 29.7 Å². The number of aromatic nitrogens is 1. The Kier molecular flexibility index (Phi) is 4.84. The van der Waals surface area contributed by atoms with E-state index in [0.717, 1.165) is 37.1 Å². The van der Waals surface area contributed by atoms with Crippen LogP contribution in [0.1, 0.15) is 11.1 Å². The molecule has 1 amide bonds. The molecular weight excluding hydrogens is 322 g/mol. The summed E-state index contributed by atoms with van der Waals surface area (Å²) < 4.78 is 0. The number of hydrogen-bond donors (Lipinski definition) is 2. The van der Waals surface area contributed by atoms with Crippen LogP contribution in [-0.2, 0) is 11.2 Å². The van der Waals surface area contributed by atoms with Crippen molar-refractivity contribution in [1.82, 2.24) is 15.2 Å². The van der Waals surface area contributed by atoms with Crippen LogP contribution < -0.4 is 5.32 Å². The predicted octanol–water partition coefficient (Wildman–Crippen LogP) is 3.22. The zero-order chi connectivity index (χ0) is 17.8. The van der Waals surface area contributed by atoms with Crippen LogP contribution in [0.4, 0.5) is 0 Å². The van der Waals surface area contributed by atoms with Crippen molar-refractivity contribution in [2.45, 2.75) is 12.5 Å². The summed E-state index contributed by atoms with van der Waals surface area (Å²) in [5.74, 6) is 0.0827. The number of nitrogens with one attached hydrogen (secondary N) is 2. The maximum atomic E-state index is 12.5. The fourth-order valence-corrected chi connectivity index (χ4v) is 3.57. The molecule has 4 heteroatoms. The second kappa shape index (κ2) is 7.58. The number of nitrogens with zero attached hydrogens (tertiary/aromatic N) is 1. The molecule has 0 spiro atoms. The van der Waals surface area contributed by atoms with E-state index in [1.54, 1.807) is 6.08 Å². The Morgan fingerprint density at radius 1 is 1.12 bits per heavy atom. The van der Waals surface area contributed by atoms with Crippen molar-refractivity contribution in [3.8, 4) is 0 Å². The maximum absolute atomic E-state index is 12.5. The van der Waals surface area contributed by atoms with Crippen molar-refractivity contribution >= 4 is 22.9 Å². The average Bonchev–Trinajstić information content (AvgIpc) is 3.10. The lowest BCUT2D eigenvalue weighted by molar-refractivity contribution is -0.127. The molecule has 1 aromatic heterocycles. The van der Waals surface area contributed by atoms with E-state index in [9.17, 15) is 4.79 Å². The SMILES string of the molecule is O=C(C=Cc1ccccc1)N1CCN[C@H](Cc2c[nH]c3ccccc23)C1. The Morgan fingerprint density at radius 3 is 2.81 bits per heavy atom. The minimum absolute atomic E-state index is 0.0827. The predicted molar refractivity (Wildman–Crippen MR) is 106 cm³/mol. The number of fused-ring (bicyclic) bond motifs is 1. The molecule has 0 aliphatic carbocycles. The van der Waals surface area contributed by atoms with Crippen LogP contribution in [0.2, 0.25) is 0 Å². The van der Waals surface area contributed by atoms with Crippen LogP contribution in [0.15, 0.2) is 66.9 Å². The first-order chi connectivity index (χ1) is 12.8. The Balaban J connectivity index is 1.41. The fourth-order valence-electron chi connectivity index (χ4n) is 3.57. The Bertz CT molecular complexity index is 913. The van der Waals surface area contributed by atoms with Gasteiger partial charge in [0.15, 0.2) is 0 Å². The summed E-state index contributed by atoms with van der Waals surface area (Å²) in [6, 6.07) is 18.6. The summed E-state index contributed by atoms with van der Waals surface area (Å²) in [4.78, 5) is 17.8. The van der Waals surface area contributed by atoms with Gasteiger partial charge in [-0.2, -0.15) is 0 Å². The molecule has 1 atom stereocenters. The molecule has 0 saturated carbocycles. The zero-order valence-electron chi connectivity index (χ0n) is 14.7. The summed E-state index contributed by atoms with van der Waals surface area (Å²) in [7, 11) is 0. The summed E-state index contributed by atoms with van der Waals surface area (Å²) in [6.07, 6.45) is 6.57. The Hall–Kier alpha value is -2.85. The van der Waals surface area contributed by atoms with Gasteiger partial charge in [-0.3, -0.25) is 4.79 Å². The van der Waals surface area contributed by atoms with Crippen LogP contribution in [0.3, 0.4) is 0 Å². The number of para-hydroxylation sites is 1. The maximum Gasteiger partial charge on any atom is 0.246 e. The minimum Gasteiger partial charge on any atom is -0.361 e. The number of hydrogen-bond acceptors (Lipinski definition) is 2. The normalized spacial score (nSPS) is 17.8. The smallest absolute Gasteiger partial charge is 0.246 e. The topological polar surface area (TPSA) is 48.1 Å². The molecule has 2 N–H and O–H groups in total. The average molecular weight is 345 g/mol. The number of aromatic amines is 1. The Labute approximate surface area is 153 Å². The van der Waals surface area contributed by atoms with Crippen LogP contribution >= 0.6 is 0 Å². The van der Waals surface area contributed by atoms with Crippen LogP contribution in [-0.4, -0.2) is 41.5 Å². The summed E-state index contributed by atoms with van der Waals surface area (Å²) in [5, 5.41) is 4.81. The van der Waals surface area contributed by atoms with Crippen LogP contribution in [0, 0.1) is 0 Å².